The Balaban J connectivity index is 1.63. The van der Waals surface area contributed by atoms with Gasteiger partial charge in [-0.25, -0.2) is 0 Å². The van der Waals surface area contributed by atoms with Crippen LogP contribution < -0.4 is 5.32 Å². The Morgan fingerprint density at radius 3 is 2.47 bits per heavy atom. The summed E-state index contributed by atoms with van der Waals surface area (Å²) in [6.07, 6.45) is 2.69. The zero-order valence-corrected chi connectivity index (χ0v) is 11.2. The summed E-state index contributed by atoms with van der Waals surface area (Å²) in [5, 5.41) is 13.0. The molecule has 1 aliphatic carbocycles. The third-order valence-electron chi connectivity index (χ3n) is 3.73. The number of aryl methyl sites for hydroxylation is 1. The highest BCUT2D eigenvalue weighted by Crippen LogP contribution is 2.39. The van der Waals surface area contributed by atoms with Crippen LogP contribution in [0.1, 0.15) is 35.4 Å². The number of hydrogen-bond acceptors (Lipinski definition) is 2. The SMILES string of the molecule is Cc1ccc(NCc2ccc(C3CC3)cc2)cc1O. The molecule has 0 unspecified atom stereocenters. The Hall–Kier alpha value is -1.96. The van der Waals surface area contributed by atoms with Gasteiger partial charge < -0.3 is 10.4 Å². The van der Waals surface area contributed by atoms with Crippen molar-refractivity contribution in [2.24, 2.45) is 0 Å². The van der Waals surface area contributed by atoms with Crippen molar-refractivity contribution >= 4 is 5.69 Å². The zero-order valence-electron chi connectivity index (χ0n) is 11.2. The number of aromatic hydroxyl groups is 1. The average Bonchev–Trinajstić information content (AvgIpc) is 3.25. The highest BCUT2D eigenvalue weighted by atomic mass is 16.3. The summed E-state index contributed by atoms with van der Waals surface area (Å²) < 4.78 is 0. The molecule has 0 saturated heterocycles. The van der Waals surface area contributed by atoms with E-state index in [0.29, 0.717) is 5.75 Å². The molecule has 1 fully saturated rings. The van der Waals surface area contributed by atoms with E-state index in [2.05, 4.69) is 29.6 Å². The van der Waals surface area contributed by atoms with Crippen molar-refractivity contribution in [3.05, 3.63) is 59.2 Å². The fourth-order valence-corrected chi connectivity index (χ4v) is 2.25. The van der Waals surface area contributed by atoms with Crippen molar-refractivity contribution in [2.75, 3.05) is 5.32 Å². The van der Waals surface area contributed by atoms with Gasteiger partial charge in [0.2, 0.25) is 0 Å². The number of hydrogen-bond donors (Lipinski definition) is 2. The summed E-state index contributed by atoms with van der Waals surface area (Å²) >= 11 is 0. The van der Waals surface area contributed by atoms with Gasteiger partial charge in [0, 0.05) is 18.3 Å². The molecule has 0 aliphatic heterocycles. The quantitative estimate of drug-likeness (QED) is 0.856. The summed E-state index contributed by atoms with van der Waals surface area (Å²) in [5.74, 6) is 1.16. The summed E-state index contributed by atoms with van der Waals surface area (Å²) in [6.45, 7) is 2.68. The van der Waals surface area contributed by atoms with Gasteiger partial charge in [0.1, 0.15) is 5.75 Å². The lowest BCUT2D eigenvalue weighted by Gasteiger charge is -2.08. The lowest BCUT2D eigenvalue weighted by molar-refractivity contribution is 0.471. The molecule has 1 aliphatic rings. The minimum Gasteiger partial charge on any atom is -0.508 e. The molecule has 1 saturated carbocycles. The fraction of sp³-hybridized carbons (Fsp3) is 0.294. The number of phenolic OH excluding ortho intramolecular Hbond substituents is 1. The van der Waals surface area contributed by atoms with Crippen LogP contribution in [0.4, 0.5) is 5.69 Å². The van der Waals surface area contributed by atoms with Gasteiger partial charge in [0.25, 0.3) is 0 Å². The number of anilines is 1. The van der Waals surface area contributed by atoms with Crippen LogP contribution in [0.2, 0.25) is 0 Å². The molecule has 98 valence electrons. The molecular weight excluding hydrogens is 234 g/mol. The van der Waals surface area contributed by atoms with Gasteiger partial charge in [0.15, 0.2) is 0 Å². The van der Waals surface area contributed by atoms with Crippen LogP contribution in [-0.2, 0) is 6.54 Å². The molecule has 0 radical (unpaired) electrons. The molecule has 0 aromatic heterocycles. The minimum absolute atomic E-state index is 0.342. The predicted molar refractivity (Wildman–Crippen MR) is 78.6 cm³/mol. The van der Waals surface area contributed by atoms with Crippen molar-refractivity contribution in [1.29, 1.82) is 0 Å². The van der Waals surface area contributed by atoms with E-state index in [4.69, 9.17) is 0 Å². The van der Waals surface area contributed by atoms with Gasteiger partial charge in [-0.05, 0) is 48.4 Å². The molecule has 2 nitrogen and oxygen atoms in total. The minimum atomic E-state index is 0.342. The van der Waals surface area contributed by atoms with E-state index < -0.39 is 0 Å². The van der Waals surface area contributed by atoms with Gasteiger partial charge >= 0.3 is 0 Å². The summed E-state index contributed by atoms with van der Waals surface area (Å²) in [5.41, 5.74) is 4.59. The molecule has 2 heteroatoms. The van der Waals surface area contributed by atoms with Crippen LogP contribution in [0.25, 0.3) is 0 Å². The zero-order chi connectivity index (χ0) is 13.2. The molecule has 2 aromatic rings. The molecule has 2 N–H and O–H groups in total. The van der Waals surface area contributed by atoms with Crippen LogP contribution >= 0.6 is 0 Å². The van der Waals surface area contributed by atoms with Gasteiger partial charge in [-0.3, -0.25) is 0 Å². The first-order valence-electron chi connectivity index (χ1n) is 6.85. The van der Waals surface area contributed by atoms with Crippen molar-refractivity contribution in [1.82, 2.24) is 0 Å². The molecule has 0 spiro atoms. The smallest absolute Gasteiger partial charge is 0.120 e. The Morgan fingerprint density at radius 1 is 1.11 bits per heavy atom. The Morgan fingerprint density at radius 2 is 1.84 bits per heavy atom. The van der Waals surface area contributed by atoms with Crippen LogP contribution in [0, 0.1) is 6.92 Å². The van der Waals surface area contributed by atoms with Gasteiger partial charge in [-0.1, -0.05) is 30.3 Å². The van der Waals surface area contributed by atoms with Crippen LogP contribution in [0.5, 0.6) is 5.75 Å². The van der Waals surface area contributed by atoms with Crippen LogP contribution in [0.15, 0.2) is 42.5 Å². The van der Waals surface area contributed by atoms with E-state index in [0.717, 1.165) is 23.7 Å². The number of benzene rings is 2. The average molecular weight is 253 g/mol. The topological polar surface area (TPSA) is 32.3 Å². The Kier molecular flexibility index (Phi) is 3.16. The van der Waals surface area contributed by atoms with Crippen LogP contribution in [0.3, 0.4) is 0 Å². The second kappa shape index (κ2) is 4.96. The molecule has 0 bridgehead atoms. The molecule has 0 heterocycles. The van der Waals surface area contributed by atoms with E-state index in [1.54, 1.807) is 6.07 Å². The van der Waals surface area contributed by atoms with Gasteiger partial charge in [-0.15, -0.1) is 0 Å². The molecular formula is C17H19NO. The Bertz CT molecular complexity index is 570. The van der Waals surface area contributed by atoms with Crippen molar-refractivity contribution < 1.29 is 5.11 Å². The standard InChI is InChI=1S/C17H19NO/c1-12-2-9-16(10-17(12)19)18-11-13-3-5-14(6-4-13)15-7-8-15/h2-6,9-10,15,18-19H,7-8,11H2,1H3. The molecule has 2 aromatic carbocycles. The fourth-order valence-electron chi connectivity index (χ4n) is 2.25. The third kappa shape index (κ3) is 2.90. The normalized spacial score (nSPS) is 14.4. The molecule has 19 heavy (non-hydrogen) atoms. The first-order valence-corrected chi connectivity index (χ1v) is 6.85. The van der Waals surface area contributed by atoms with E-state index in [9.17, 15) is 5.11 Å². The summed E-state index contributed by atoms with van der Waals surface area (Å²) in [6, 6.07) is 14.5. The second-order valence-corrected chi connectivity index (χ2v) is 5.37. The van der Waals surface area contributed by atoms with Crippen molar-refractivity contribution in [3.8, 4) is 5.75 Å². The highest BCUT2D eigenvalue weighted by Gasteiger charge is 2.22. The maximum atomic E-state index is 9.66. The van der Waals surface area contributed by atoms with E-state index >= 15 is 0 Å². The highest BCUT2D eigenvalue weighted by molar-refractivity contribution is 5.51. The first kappa shape index (κ1) is 12.1. The lowest BCUT2D eigenvalue weighted by atomic mass is 10.1. The summed E-state index contributed by atoms with van der Waals surface area (Å²) in [4.78, 5) is 0. The maximum Gasteiger partial charge on any atom is 0.120 e. The first-order chi connectivity index (χ1) is 9.22. The van der Waals surface area contributed by atoms with E-state index in [1.807, 2.05) is 19.1 Å². The predicted octanol–water partition coefficient (Wildman–Crippen LogP) is 4.19. The molecule has 0 atom stereocenters. The lowest BCUT2D eigenvalue weighted by Crippen LogP contribution is -1.99. The number of nitrogens with one attached hydrogen (secondary N) is 1. The van der Waals surface area contributed by atoms with Gasteiger partial charge in [0.05, 0.1) is 0 Å². The Labute approximate surface area is 114 Å². The second-order valence-electron chi connectivity index (χ2n) is 5.37. The summed E-state index contributed by atoms with van der Waals surface area (Å²) in [7, 11) is 0. The largest absolute Gasteiger partial charge is 0.508 e. The van der Waals surface area contributed by atoms with E-state index in [-0.39, 0.29) is 0 Å². The third-order valence-corrected chi connectivity index (χ3v) is 3.73. The monoisotopic (exact) mass is 253 g/mol. The van der Waals surface area contributed by atoms with E-state index in [1.165, 1.54) is 24.0 Å². The van der Waals surface area contributed by atoms with Crippen molar-refractivity contribution in [3.63, 3.8) is 0 Å². The molecule has 3 rings (SSSR count). The van der Waals surface area contributed by atoms with Crippen molar-refractivity contribution in [2.45, 2.75) is 32.2 Å². The molecule has 0 amide bonds. The maximum absolute atomic E-state index is 9.66. The van der Waals surface area contributed by atoms with Crippen LogP contribution in [-0.4, -0.2) is 5.11 Å². The number of rotatable bonds is 4. The van der Waals surface area contributed by atoms with Gasteiger partial charge in [-0.2, -0.15) is 0 Å². The number of phenols is 1.